The number of hydrogen-bond acceptors (Lipinski definition) is 9. The summed E-state index contributed by atoms with van der Waals surface area (Å²) in [6, 6.07) is 8.85. The first-order valence-electron chi connectivity index (χ1n) is 13.8. The Morgan fingerprint density at radius 3 is 2.58 bits per heavy atom. The van der Waals surface area contributed by atoms with Crippen molar-refractivity contribution in [2.24, 2.45) is 0 Å². The smallest absolute Gasteiger partial charge is 0.229 e. The largest absolute Gasteiger partial charge is 0.369 e. The molecule has 0 atom stereocenters. The Morgan fingerprint density at radius 1 is 1.05 bits per heavy atom. The monoisotopic (exact) mass is 517 g/mol. The van der Waals surface area contributed by atoms with Gasteiger partial charge in [0.2, 0.25) is 11.9 Å². The zero-order valence-electron chi connectivity index (χ0n) is 22.6. The Kier molecular flexibility index (Phi) is 8.25. The molecule has 1 amide bonds. The maximum Gasteiger partial charge on any atom is 0.229 e. The van der Waals surface area contributed by atoms with E-state index in [0.717, 1.165) is 57.9 Å². The molecule has 0 bridgehead atoms. The summed E-state index contributed by atoms with van der Waals surface area (Å²) in [6.07, 6.45) is 5.34. The molecule has 2 aromatic rings. The van der Waals surface area contributed by atoms with Gasteiger partial charge < -0.3 is 30.2 Å². The molecule has 2 aliphatic heterocycles. The summed E-state index contributed by atoms with van der Waals surface area (Å²) >= 11 is 0. The Hall–Kier alpha value is -3.42. The van der Waals surface area contributed by atoms with Crippen LogP contribution in [0.25, 0.3) is 0 Å². The molecule has 10 nitrogen and oxygen atoms in total. The van der Waals surface area contributed by atoms with E-state index in [1.165, 1.54) is 24.1 Å². The maximum absolute atomic E-state index is 12.3. The molecule has 1 aromatic heterocycles. The van der Waals surface area contributed by atoms with Crippen molar-refractivity contribution in [3.63, 3.8) is 0 Å². The van der Waals surface area contributed by atoms with Crippen LogP contribution in [-0.2, 0) is 4.79 Å². The fourth-order valence-electron chi connectivity index (χ4n) is 5.12. The summed E-state index contributed by atoms with van der Waals surface area (Å²) in [4.78, 5) is 30.4. The number of nitriles is 1. The van der Waals surface area contributed by atoms with Gasteiger partial charge in [0, 0.05) is 76.7 Å². The molecule has 1 aromatic carbocycles. The molecule has 2 N–H and O–H groups in total. The molecular weight excluding hydrogens is 478 g/mol. The van der Waals surface area contributed by atoms with Crippen molar-refractivity contribution in [3.05, 3.63) is 35.5 Å². The van der Waals surface area contributed by atoms with Gasteiger partial charge in [-0.3, -0.25) is 4.79 Å². The van der Waals surface area contributed by atoms with E-state index in [1.54, 1.807) is 6.20 Å². The molecule has 3 heterocycles. The number of benzene rings is 1. The van der Waals surface area contributed by atoms with Crippen LogP contribution >= 0.6 is 0 Å². The van der Waals surface area contributed by atoms with Gasteiger partial charge in [0.25, 0.3) is 0 Å². The van der Waals surface area contributed by atoms with Gasteiger partial charge in [0.1, 0.15) is 17.5 Å². The summed E-state index contributed by atoms with van der Waals surface area (Å²) in [5, 5.41) is 16.3. The van der Waals surface area contributed by atoms with Gasteiger partial charge in [-0.15, -0.1) is 0 Å². The Bertz CT molecular complexity index is 1170. The van der Waals surface area contributed by atoms with Crippen LogP contribution in [0.15, 0.2) is 24.4 Å². The van der Waals surface area contributed by atoms with Gasteiger partial charge in [0.05, 0.1) is 6.20 Å². The van der Waals surface area contributed by atoms with Crippen molar-refractivity contribution < 1.29 is 4.79 Å². The van der Waals surface area contributed by atoms with Crippen molar-refractivity contribution >= 4 is 29.0 Å². The van der Waals surface area contributed by atoms with Gasteiger partial charge in [0.15, 0.2) is 0 Å². The zero-order chi connectivity index (χ0) is 26.5. The lowest BCUT2D eigenvalue weighted by atomic mass is 10.1. The predicted octanol–water partition coefficient (Wildman–Crippen LogP) is 2.69. The quantitative estimate of drug-likeness (QED) is 0.486. The second-order valence-corrected chi connectivity index (χ2v) is 10.7. The van der Waals surface area contributed by atoms with E-state index in [4.69, 9.17) is 0 Å². The van der Waals surface area contributed by atoms with Crippen LogP contribution < -0.4 is 15.5 Å². The summed E-state index contributed by atoms with van der Waals surface area (Å²) in [6.45, 7) is 8.05. The molecule has 10 heteroatoms. The first kappa shape index (κ1) is 26.2. The summed E-state index contributed by atoms with van der Waals surface area (Å²) in [7, 11) is 4.23. The third-order valence-corrected chi connectivity index (χ3v) is 7.79. The van der Waals surface area contributed by atoms with Crippen LogP contribution in [0.1, 0.15) is 42.7 Å². The van der Waals surface area contributed by atoms with Crippen LogP contribution in [-0.4, -0.2) is 104 Å². The van der Waals surface area contributed by atoms with Gasteiger partial charge in [-0.05, 0) is 63.0 Å². The van der Waals surface area contributed by atoms with Gasteiger partial charge in [-0.25, -0.2) is 4.98 Å². The lowest BCUT2D eigenvalue weighted by molar-refractivity contribution is -0.130. The SMILES string of the molecule is CN1CCC(=O)N(CCCNc2nc(Nc3ccc(N4CCN(C)CC4)cc3C3CC3)ncc2C#N)CC1. The molecule has 0 spiro atoms. The van der Waals surface area contributed by atoms with Crippen LogP contribution in [0.5, 0.6) is 0 Å². The van der Waals surface area contributed by atoms with E-state index in [1.807, 2.05) is 4.90 Å². The number of likely N-dealkylation sites (N-methyl/N-ethyl adjacent to an activating group) is 2. The van der Waals surface area contributed by atoms with E-state index in [0.29, 0.717) is 42.8 Å². The van der Waals surface area contributed by atoms with E-state index in [9.17, 15) is 10.1 Å². The molecule has 38 heavy (non-hydrogen) atoms. The first-order chi connectivity index (χ1) is 18.5. The number of aromatic nitrogens is 2. The highest BCUT2D eigenvalue weighted by Crippen LogP contribution is 2.45. The fraction of sp³-hybridized carbons (Fsp3) is 0.571. The van der Waals surface area contributed by atoms with E-state index >= 15 is 0 Å². The van der Waals surface area contributed by atoms with Crippen LogP contribution in [0.2, 0.25) is 0 Å². The molecule has 0 unspecified atom stereocenters. The predicted molar refractivity (Wildman–Crippen MR) is 150 cm³/mol. The number of nitrogens with one attached hydrogen (secondary N) is 2. The molecular formula is C28H39N9O. The zero-order valence-corrected chi connectivity index (χ0v) is 22.6. The van der Waals surface area contributed by atoms with Crippen LogP contribution in [0, 0.1) is 11.3 Å². The highest BCUT2D eigenvalue weighted by atomic mass is 16.2. The van der Waals surface area contributed by atoms with Crippen molar-refractivity contribution in [3.8, 4) is 6.07 Å². The van der Waals surface area contributed by atoms with Crippen molar-refractivity contribution in [1.82, 2.24) is 24.7 Å². The van der Waals surface area contributed by atoms with Gasteiger partial charge in [-0.2, -0.15) is 10.2 Å². The number of rotatable bonds is 9. The van der Waals surface area contributed by atoms with Crippen LogP contribution in [0.4, 0.5) is 23.1 Å². The Labute approximate surface area is 225 Å². The second kappa shape index (κ2) is 12.0. The molecule has 2 saturated heterocycles. The molecule has 3 aliphatic rings. The molecule has 0 radical (unpaired) electrons. The number of anilines is 4. The molecule has 3 fully saturated rings. The molecule has 202 valence electrons. The minimum Gasteiger partial charge on any atom is -0.369 e. The number of carbonyl (C=O) groups is 1. The minimum atomic E-state index is 0.214. The average Bonchev–Trinajstić information content (AvgIpc) is 3.78. The second-order valence-electron chi connectivity index (χ2n) is 10.7. The maximum atomic E-state index is 12.3. The topological polar surface area (TPSA) is 104 Å². The highest BCUT2D eigenvalue weighted by Gasteiger charge is 2.28. The fourth-order valence-corrected chi connectivity index (χ4v) is 5.12. The minimum absolute atomic E-state index is 0.214. The third kappa shape index (κ3) is 6.52. The number of nitrogens with zero attached hydrogens (tertiary/aromatic N) is 7. The van der Waals surface area contributed by atoms with Gasteiger partial charge >= 0.3 is 0 Å². The van der Waals surface area contributed by atoms with Crippen molar-refractivity contribution in [2.75, 3.05) is 88.5 Å². The normalized spacial score (nSPS) is 19.2. The molecule has 5 rings (SSSR count). The summed E-state index contributed by atoms with van der Waals surface area (Å²) in [5.41, 5.74) is 4.04. The first-order valence-corrected chi connectivity index (χ1v) is 13.8. The van der Waals surface area contributed by atoms with E-state index in [2.05, 4.69) is 73.7 Å². The van der Waals surface area contributed by atoms with E-state index in [-0.39, 0.29) is 5.91 Å². The van der Waals surface area contributed by atoms with Crippen LogP contribution in [0.3, 0.4) is 0 Å². The van der Waals surface area contributed by atoms with E-state index < -0.39 is 0 Å². The standard InChI is InChI=1S/C28H39N9O/c1-34-11-8-26(38)37(17-14-34)10-3-9-30-27-22(19-29)20-31-28(33-27)32-25-7-6-23(18-24(25)21-4-5-21)36-15-12-35(2)13-16-36/h6-7,18,20-21H,3-5,8-17H2,1-2H3,(H2,30,31,32,33). The number of amides is 1. The number of carbonyl (C=O) groups excluding carboxylic acids is 1. The van der Waals surface area contributed by atoms with Crippen molar-refractivity contribution in [1.29, 1.82) is 5.26 Å². The number of hydrogen-bond donors (Lipinski definition) is 2. The van der Waals surface area contributed by atoms with Gasteiger partial charge in [-0.1, -0.05) is 0 Å². The lowest BCUT2D eigenvalue weighted by Gasteiger charge is -2.34. The van der Waals surface area contributed by atoms with Crippen molar-refractivity contribution in [2.45, 2.75) is 31.6 Å². The Balaban J connectivity index is 1.22. The molecule has 1 aliphatic carbocycles. The average molecular weight is 518 g/mol. The third-order valence-electron chi connectivity index (χ3n) is 7.79. The molecule has 1 saturated carbocycles. The highest BCUT2D eigenvalue weighted by molar-refractivity contribution is 5.76. The Morgan fingerprint density at radius 2 is 1.82 bits per heavy atom. The lowest BCUT2D eigenvalue weighted by Crippen LogP contribution is -2.44. The summed E-state index contributed by atoms with van der Waals surface area (Å²) in [5.74, 6) is 1.79. The number of piperazine rings is 1. The summed E-state index contributed by atoms with van der Waals surface area (Å²) < 4.78 is 0.